The quantitative estimate of drug-likeness (QED) is 0.513. The average molecular weight is 406 g/mol. The first-order chi connectivity index (χ1) is 14.5. The monoisotopic (exact) mass is 406 g/mol. The summed E-state index contributed by atoms with van der Waals surface area (Å²) in [6, 6.07) is 14.9. The number of rotatable bonds is 6. The van der Waals surface area contributed by atoms with Gasteiger partial charge in [-0.3, -0.25) is 9.59 Å². The van der Waals surface area contributed by atoms with Crippen molar-refractivity contribution < 1.29 is 23.8 Å². The highest BCUT2D eigenvalue weighted by molar-refractivity contribution is 6.14. The second-order valence-electron chi connectivity index (χ2n) is 7.07. The number of hydrogen-bond donors (Lipinski definition) is 0. The van der Waals surface area contributed by atoms with Crippen LogP contribution in [0.3, 0.4) is 0 Å². The molecule has 156 valence electrons. The lowest BCUT2D eigenvalue weighted by atomic mass is 9.80. The van der Waals surface area contributed by atoms with E-state index in [1.807, 2.05) is 60.7 Å². The Hall–Kier alpha value is -3.34. The molecule has 0 saturated heterocycles. The summed E-state index contributed by atoms with van der Waals surface area (Å²) in [5.41, 5.74) is 2.97. The first kappa shape index (κ1) is 21.4. The second-order valence-corrected chi connectivity index (χ2v) is 7.07. The van der Waals surface area contributed by atoms with E-state index in [0.717, 1.165) is 22.6 Å². The Balaban J connectivity index is 1.94. The summed E-state index contributed by atoms with van der Waals surface area (Å²) >= 11 is 0. The lowest BCUT2D eigenvalue weighted by molar-refractivity contribution is -0.148. The van der Waals surface area contributed by atoms with Gasteiger partial charge in [0.15, 0.2) is 5.78 Å². The molecule has 5 heteroatoms. The third kappa shape index (κ3) is 5.17. The van der Waals surface area contributed by atoms with Crippen LogP contribution in [0, 0.1) is 5.92 Å². The van der Waals surface area contributed by atoms with E-state index in [2.05, 4.69) is 0 Å². The molecule has 3 rings (SSSR count). The minimum absolute atomic E-state index is 0.0396. The number of hydrogen-bond acceptors (Lipinski definition) is 5. The fourth-order valence-corrected chi connectivity index (χ4v) is 3.47. The minimum atomic E-state index is -0.378. The second kappa shape index (κ2) is 9.92. The first-order valence-corrected chi connectivity index (χ1v) is 9.94. The van der Waals surface area contributed by atoms with Crippen molar-refractivity contribution in [2.75, 3.05) is 20.8 Å². The number of ketones is 1. The molecule has 0 amide bonds. The van der Waals surface area contributed by atoms with Gasteiger partial charge in [0.1, 0.15) is 11.5 Å². The maximum absolute atomic E-state index is 13.2. The van der Waals surface area contributed by atoms with Gasteiger partial charge in [-0.15, -0.1) is 0 Å². The number of carbonyl (C=O) groups excluding carboxylic acids is 2. The Bertz CT molecular complexity index is 883. The molecule has 2 aromatic carbocycles. The Morgan fingerprint density at radius 2 is 1.30 bits per heavy atom. The molecule has 1 fully saturated rings. The van der Waals surface area contributed by atoms with E-state index >= 15 is 0 Å². The van der Waals surface area contributed by atoms with Crippen LogP contribution in [0.25, 0.3) is 12.2 Å². The molecular weight excluding hydrogens is 380 g/mol. The Labute approximate surface area is 177 Å². The summed E-state index contributed by atoms with van der Waals surface area (Å²) < 4.78 is 15.6. The minimum Gasteiger partial charge on any atom is -0.497 e. The van der Waals surface area contributed by atoms with Gasteiger partial charge in [0.2, 0.25) is 0 Å². The van der Waals surface area contributed by atoms with Crippen LogP contribution >= 0.6 is 0 Å². The predicted molar refractivity (Wildman–Crippen MR) is 116 cm³/mol. The zero-order valence-electron chi connectivity index (χ0n) is 17.5. The Kier molecular flexibility index (Phi) is 7.07. The van der Waals surface area contributed by atoms with Gasteiger partial charge in [-0.1, -0.05) is 24.3 Å². The van der Waals surface area contributed by atoms with Crippen LogP contribution < -0.4 is 9.47 Å². The number of methoxy groups -OCH3 is 2. The first-order valence-electron chi connectivity index (χ1n) is 9.94. The van der Waals surface area contributed by atoms with Gasteiger partial charge < -0.3 is 14.2 Å². The predicted octanol–water partition coefficient (Wildman–Crippen LogP) is 4.71. The van der Waals surface area contributed by atoms with Crippen molar-refractivity contribution in [2.45, 2.75) is 19.8 Å². The van der Waals surface area contributed by atoms with Crippen LogP contribution in [0.2, 0.25) is 0 Å². The third-order valence-electron chi connectivity index (χ3n) is 5.05. The van der Waals surface area contributed by atoms with Crippen molar-refractivity contribution in [3.05, 3.63) is 70.8 Å². The van der Waals surface area contributed by atoms with Crippen LogP contribution in [0.5, 0.6) is 11.5 Å². The standard InChI is InChI=1S/C25H26O5/c1-4-30-25(27)21-15-19(13-17-5-9-22(28-2)10-6-17)24(26)20(16-21)14-18-7-11-23(29-3)12-8-18/h5-14,21H,4,15-16H2,1-3H3. The van der Waals surface area contributed by atoms with Crippen LogP contribution in [-0.4, -0.2) is 32.6 Å². The van der Waals surface area contributed by atoms with E-state index in [4.69, 9.17) is 14.2 Å². The number of esters is 1. The summed E-state index contributed by atoms with van der Waals surface area (Å²) in [5, 5.41) is 0. The topological polar surface area (TPSA) is 61.8 Å². The highest BCUT2D eigenvalue weighted by Crippen LogP contribution is 2.33. The smallest absolute Gasteiger partial charge is 0.309 e. The molecular formula is C25H26O5. The maximum atomic E-state index is 13.2. The van der Waals surface area contributed by atoms with Gasteiger partial charge in [0.25, 0.3) is 0 Å². The zero-order valence-corrected chi connectivity index (χ0v) is 17.5. The molecule has 0 heterocycles. The van der Waals surface area contributed by atoms with Crippen LogP contribution in [0.4, 0.5) is 0 Å². The number of ether oxygens (including phenoxy) is 3. The molecule has 0 spiro atoms. The summed E-state index contributed by atoms with van der Waals surface area (Å²) in [5.74, 6) is 0.804. The number of benzene rings is 2. The Morgan fingerprint density at radius 1 is 0.867 bits per heavy atom. The normalized spacial score (nSPS) is 19.0. The van der Waals surface area contributed by atoms with E-state index < -0.39 is 0 Å². The number of Topliss-reactive ketones (excluding diaryl/α,β-unsaturated/α-hetero) is 1. The van der Waals surface area contributed by atoms with Crippen molar-refractivity contribution in [3.8, 4) is 11.5 Å². The third-order valence-corrected chi connectivity index (χ3v) is 5.05. The van der Waals surface area contributed by atoms with E-state index in [0.29, 0.717) is 30.6 Å². The van der Waals surface area contributed by atoms with E-state index in [1.165, 1.54) is 0 Å². The molecule has 2 aromatic rings. The van der Waals surface area contributed by atoms with Gasteiger partial charge in [-0.25, -0.2) is 0 Å². The van der Waals surface area contributed by atoms with Crippen molar-refractivity contribution >= 4 is 23.9 Å². The molecule has 30 heavy (non-hydrogen) atoms. The fraction of sp³-hybridized carbons (Fsp3) is 0.280. The molecule has 1 aliphatic carbocycles. The molecule has 5 nitrogen and oxygen atoms in total. The maximum Gasteiger partial charge on any atom is 0.309 e. The highest BCUT2D eigenvalue weighted by atomic mass is 16.5. The van der Waals surface area contributed by atoms with Crippen molar-refractivity contribution in [1.82, 2.24) is 0 Å². The molecule has 0 bridgehead atoms. The van der Waals surface area contributed by atoms with Crippen molar-refractivity contribution in [1.29, 1.82) is 0 Å². The van der Waals surface area contributed by atoms with Gasteiger partial charge in [-0.05, 0) is 67.3 Å². The van der Waals surface area contributed by atoms with Gasteiger partial charge >= 0.3 is 5.97 Å². The summed E-state index contributed by atoms with van der Waals surface area (Å²) in [6.45, 7) is 2.10. The van der Waals surface area contributed by atoms with Crippen LogP contribution in [0.1, 0.15) is 30.9 Å². The summed E-state index contributed by atoms with van der Waals surface area (Å²) in [6.07, 6.45) is 4.41. The van der Waals surface area contributed by atoms with Gasteiger partial charge in [0.05, 0.1) is 26.7 Å². The molecule has 0 aromatic heterocycles. The van der Waals surface area contributed by atoms with Crippen LogP contribution in [0.15, 0.2) is 59.7 Å². The van der Waals surface area contributed by atoms with Crippen LogP contribution in [-0.2, 0) is 14.3 Å². The number of carbonyl (C=O) groups is 2. The van der Waals surface area contributed by atoms with E-state index in [-0.39, 0.29) is 17.7 Å². The zero-order chi connectivity index (χ0) is 21.5. The lowest BCUT2D eigenvalue weighted by Crippen LogP contribution is -2.27. The molecule has 1 saturated carbocycles. The van der Waals surface area contributed by atoms with E-state index in [9.17, 15) is 9.59 Å². The Morgan fingerprint density at radius 3 is 1.67 bits per heavy atom. The molecule has 0 unspecified atom stereocenters. The highest BCUT2D eigenvalue weighted by Gasteiger charge is 2.32. The van der Waals surface area contributed by atoms with E-state index in [1.54, 1.807) is 21.1 Å². The largest absolute Gasteiger partial charge is 0.497 e. The van der Waals surface area contributed by atoms with Gasteiger partial charge in [0, 0.05) is 11.1 Å². The lowest BCUT2D eigenvalue weighted by Gasteiger charge is -2.24. The fourth-order valence-electron chi connectivity index (χ4n) is 3.47. The van der Waals surface area contributed by atoms with Crippen molar-refractivity contribution in [2.24, 2.45) is 5.92 Å². The molecule has 0 radical (unpaired) electrons. The molecule has 0 aliphatic heterocycles. The number of allylic oxidation sites excluding steroid dienone is 2. The summed E-state index contributed by atoms with van der Waals surface area (Å²) in [7, 11) is 3.22. The van der Waals surface area contributed by atoms with Gasteiger partial charge in [-0.2, -0.15) is 0 Å². The molecule has 0 N–H and O–H groups in total. The molecule has 1 aliphatic rings. The molecule has 0 atom stereocenters. The van der Waals surface area contributed by atoms with Crippen molar-refractivity contribution in [3.63, 3.8) is 0 Å². The summed E-state index contributed by atoms with van der Waals surface area (Å²) in [4.78, 5) is 25.6. The average Bonchev–Trinajstić information content (AvgIpc) is 2.77. The SMILES string of the molecule is CCOC(=O)C1CC(=Cc2ccc(OC)cc2)C(=O)C(=Cc2ccc(OC)cc2)C1.